The molecule has 0 radical (unpaired) electrons. The Labute approximate surface area is 133 Å². The van der Waals surface area contributed by atoms with Crippen molar-refractivity contribution in [1.82, 2.24) is 15.2 Å². The summed E-state index contributed by atoms with van der Waals surface area (Å²) in [4.78, 5) is 19.7. The Bertz CT molecular complexity index is 618. The number of thiophene rings is 1. The highest BCUT2D eigenvalue weighted by Crippen LogP contribution is 2.25. The molecule has 1 N–H and O–H groups in total. The van der Waals surface area contributed by atoms with E-state index in [4.69, 9.17) is 9.15 Å². The standard InChI is InChI=1S/C15H19N3O3S/c1-11-13(17-15(21-11)12-3-2-10-22-12)14(19)16-4-5-18-6-8-20-9-7-18/h2-3,10H,4-9H2,1H3,(H,16,19). The second-order valence-corrected chi connectivity index (χ2v) is 6.06. The van der Waals surface area contributed by atoms with Crippen LogP contribution in [0.3, 0.4) is 0 Å². The van der Waals surface area contributed by atoms with E-state index in [1.807, 2.05) is 17.5 Å². The van der Waals surface area contributed by atoms with Crippen LogP contribution in [0, 0.1) is 6.92 Å². The van der Waals surface area contributed by atoms with Crippen LogP contribution in [0.25, 0.3) is 10.8 Å². The van der Waals surface area contributed by atoms with Crippen molar-refractivity contribution in [2.75, 3.05) is 39.4 Å². The number of aryl methyl sites for hydroxylation is 1. The highest BCUT2D eigenvalue weighted by atomic mass is 32.1. The Kier molecular flexibility index (Phi) is 4.87. The lowest BCUT2D eigenvalue weighted by Crippen LogP contribution is -2.41. The number of hydrogen-bond acceptors (Lipinski definition) is 6. The summed E-state index contributed by atoms with van der Waals surface area (Å²) < 4.78 is 10.9. The van der Waals surface area contributed by atoms with Gasteiger partial charge in [-0.25, -0.2) is 4.98 Å². The number of hydrogen-bond donors (Lipinski definition) is 1. The molecule has 0 unspecified atom stereocenters. The van der Waals surface area contributed by atoms with Crippen LogP contribution in [0.2, 0.25) is 0 Å². The van der Waals surface area contributed by atoms with Gasteiger partial charge in [0.1, 0.15) is 5.76 Å². The van der Waals surface area contributed by atoms with Crippen LogP contribution in [-0.2, 0) is 4.74 Å². The van der Waals surface area contributed by atoms with Gasteiger partial charge in [-0.05, 0) is 18.4 Å². The number of nitrogens with one attached hydrogen (secondary N) is 1. The van der Waals surface area contributed by atoms with Crippen LogP contribution in [0.15, 0.2) is 21.9 Å². The van der Waals surface area contributed by atoms with Crippen molar-refractivity contribution in [3.63, 3.8) is 0 Å². The molecule has 118 valence electrons. The number of oxazole rings is 1. The van der Waals surface area contributed by atoms with Gasteiger partial charge in [0, 0.05) is 26.2 Å². The molecule has 2 aromatic rings. The fourth-order valence-electron chi connectivity index (χ4n) is 2.35. The first-order valence-corrected chi connectivity index (χ1v) is 8.21. The second-order valence-electron chi connectivity index (χ2n) is 5.11. The summed E-state index contributed by atoms with van der Waals surface area (Å²) in [5.74, 6) is 0.871. The molecule has 6 nitrogen and oxygen atoms in total. The van der Waals surface area contributed by atoms with E-state index in [2.05, 4.69) is 15.2 Å². The van der Waals surface area contributed by atoms with Crippen molar-refractivity contribution >= 4 is 17.2 Å². The van der Waals surface area contributed by atoms with Crippen molar-refractivity contribution in [2.24, 2.45) is 0 Å². The van der Waals surface area contributed by atoms with Crippen molar-refractivity contribution in [1.29, 1.82) is 0 Å². The van der Waals surface area contributed by atoms with E-state index in [0.717, 1.165) is 37.7 Å². The van der Waals surface area contributed by atoms with E-state index in [9.17, 15) is 4.79 Å². The smallest absolute Gasteiger partial charge is 0.273 e. The average molecular weight is 321 g/mol. The highest BCUT2D eigenvalue weighted by molar-refractivity contribution is 7.13. The van der Waals surface area contributed by atoms with Gasteiger partial charge >= 0.3 is 0 Å². The summed E-state index contributed by atoms with van der Waals surface area (Å²) in [5.41, 5.74) is 0.366. The van der Waals surface area contributed by atoms with Gasteiger partial charge in [0.2, 0.25) is 5.89 Å². The zero-order valence-corrected chi connectivity index (χ0v) is 13.3. The predicted octanol–water partition coefficient (Wildman–Crippen LogP) is 1.77. The van der Waals surface area contributed by atoms with Crippen LogP contribution < -0.4 is 5.32 Å². The minimum Gasteiger partial charge on any atom is -0.440 e. The first-order chi connectivity index (χ1) is 10.7. The zero-order valence-electron chi connectivity index (χ0n) is 12.5. The number of rotatable bonds is 5. The fourth-order valence-corrected chi connectivity index (χ4v) is 3.00. The van der Waals surface area contributed by atoms with Gasteiger partial charge in [-0.1, -0.05) is 6.07 Å². The Morgan fingerprint density at radius 2 is 2.27 bits per heavy atom. The maximum absolute atomic E-state index is 12.2. The number of ether oxygens (including phenoxy) is 1. The molecule has 1 aliphatic rings. The number of carbonyl (C=O) groups excluding carboxylic acids is 1. The average Bonchev–Trinajstić information content (AvgIpc) is 3.17. The van der Waals surface area contributed by atoms with Crippen molar-refractivity contribution in [3.05, 3.63) is 29.0 Å². The van der Waals surface area contributed by atoms with Gasteiger partial charge in [0.25, 0.3) is 5.91 Å². The summed E-state index contributed by atoms with van der Waals surface area (Å²) in [6.07, 6.45) is 0. The van der Waals surface area contributed by atoms with E-state index in [1.165, 1.54) is 11.3 Å². The zero-order chi connectivity index (χ0) is 15.4. The molecule has 1 fully saturated rings. The number of aromatic nitrogens is 1. The molecule has 3 rings (SSSR count). The number of nitrogens with zero attached hydrogens (tertiary/aromatic N) is 2. The minimum absolute atomic E-state index is 0.183. The first kappa shape index (κ1) is 15.2. The predicted molar refractivity (Wildman–Crippen MR) is 84.1 cm³/mol. The van der Waals surface area contributed by atoms with E-state index in [0.29, 0.717) is 23.9 Å². The Morgan fingerprint density at radius 1 is 1.45 bits per heavy atom. The number of morpholine rings is 1. The monoisotopic (exact) mass is 321 g/mol. The van der Waals surface area contributed by atoms with E-state index in [1.54, 1.807) is 6.92 Å². The number of carbonyl (C=O) groups is 1. The molecule has 0 atom stereocenters. The van der Waals surface area contributed by atoms with Gasteiger partial charge in [-0.2, -0.15) is 0 Å². The molecule has 22 heavy (non-hydrogen) atoms. The van der Waals surface area contributed by atoms with Crippen molar-refractivity contribution in [3.8, 4) is 10.8 Å². The summed E-state index contributed by atoms with van der Waals surface area (Å²) >= 11 is 1.54. The quantitative estimate of drug-likeness (QED) is 0.909. The van der Waals surface area contributed by atoms with E-state index >= 15 is 0 Å². The van der Waals surface area contributed by atoms with E-state index in [-0.39, 0.29) is 5.91 Å². The largest absolute Gasteiger partial charge is 0.440 e. The van der Waals surface area contributed by atoms with E-state index < -0.39 is 0 Å². The molecule has 2 aromatic heterocycles. The van der Waals surface area contributed by atoms with Crippen molar-refractivity contribution in [2.45, 2.75) is 6.92 Å². The SMILES string of the molecule is Cc1oc(-c2cccs2)nc1C(=O)NCCN1CCOCC1. The normalized spacial score (nSPS) is 15.9. The molecular weight excluding hydrogens is 302 g/mol. The van der Waals surface area contributed by atoms with Crippen LogP contribution in [0.5, 0.6) is 0 Å². The Morgan fingerprint density at radius 3 is 3.00 bits per heavy atom. The summed E-state index contributed by atoms with van der Waals surface area (Å²) in [5, 5.41) is 4.86. The topological polar surface area (TPSA) is 67.6 Å². The lowest BCUT2D eigenvalue weighted by atomic mass is 10.3. The third kappa shape index (κ3) is 3.55. The third-order valence-corrected chi connectivity index (χ3v) is 4.42. The molecule has 0 saturated carbocycles. The lowest BCUT2D eigenvalue weighted by molar-refractivity contribution is 0.0383. The molecule has 0 aromatic carbocycles. The van der Waals surface area contributed by atoms with Gasteiger partial charge in [-0.15, -0.1) is 11.3 Å². The first-order valence-electron chi connectivity index (χ1n) is 7.33. The summed E-state index contributed by atoms with van der Waals surface area (Å²) in [6.45, 7) is 6.55. The highest BCUT2D eigenvalue weighted by Gasteiger charge is 2.18. The molecule has 7 heteroatoms. The third-order valence-electron chi connectivity index (χ3n) is 3.56. The van der Waals surface area contributed by atoms with Crippen LogP contribution in [-0.4, -0.2) is 55.2 Å². The van der Waals surface area contributed by atoms with Gasteiger partial charge < -0.3 is 14.5 Å². The molecule has 0 aliphatic carbocycles. The molecule has 1 saturated heterocycles. The van der Waals surface area contributed by atoms with Crippen LogP contribution >= 0.6 is 11.3 Å². The van der Waals surface area contributed by atoms with Gasteiger partial charge in [0.15, 0.2) is 5.69 Å². The molecule has 0 bridgehead atoms. The van der Waals surface area contributed by atoms with Crippen LogP contribution in [0.4, 0.5) is 0 Å². The fraction of sp³-hybridized carbons (Fsp3) is 0.467. The maximum atomic E-state index is 12.2. The number of amides is 1. The molecule has 1 aliphatic heterocycles. The Balaban J connectivity index is 1.55. The molecule has 0 spiro atoms. The van der Waals surface area contributed by atoms with Gasteiger partial charge in [0.05, 0.1) is 18.1 Å². The van der Waals surface area contributed by atoms with Gasteiger partial charge in [-0.3, -0.25) is 9.69 Å². The molecule has 1 amide bonds. The second kappa shape index (κ2) is 7.04. The van der Waals surface area contributed by atoms with Crippen molar-refractivity contribution < 1.29 is 13.9 Å². The Hall–Kier alpha value is -1.70. The maximum Gasteiger partial charge on any atom is 0.273 e. The molecule has 3 heterocycles. The summed E-state index contributed by atoms with van der Waals surface area (Å²) in [7, 11) is 0. The minimum atomic E-state index is -0.183. The van der Waals surface area contributed by atoms with Crippen LogP contribution in [0.1, 0.15) is 16.2 Å². The lowest BCUT2D eigenvalue weighted by Gasteiger charge is -2.26. The summed E-state index contributed by atoms with van der Waals surface area (Å²) in [6, 6.07) is 3.86. The molecular formula is C15H19N3O3S.